The van der Waals surface area contributed by atoms with E-state index >= 15 is 0 Å². The van der Waals surface area contributed by atoms with Crippen molar-refractivity contribution < 1.29 is 19.1 Å². The van der Waals surface area contributed by atoms with Gasteiger partial charge >= 0.3 is 5.97 Å². The second kappa shape index (κ2) is 8.78. The maximum Gasteiger partial charge on any atom is 0.311 e. The molecule has 2 aromatic carbocycles. The zero-order chi connectivity index (χ0) is 21.1. The molecule has 1 heterocycles. The fourth-order valence-electron chi connectivity index (χ4n) is 3.38. The van der Waals surface area contributed by atoms with Crippen molar-refractivity contribution in [1.82, 2.24) is 0 Å². The van der Waals surface area contributed by atoms with Gasteiger partial charge in [-0.05, 0) is 56.2 Å². The van der Waals surface area contributed by atoms with Crippen molar-refractivity contribution in [2.45, 2.75) is 27.2 Å². The summed E-state index contributed by atoms with van der Waals surface area (Å²) in [7, 11) is 0. The van der Waals surface area contributed by atoms with Crippen LogP contribution in [-0.2, 0) is 19.1 Å². The zero-order valence-corrected chi connectivity index (χ0v) is 18.2. The number of nitrogens with zero attached hydrogens (tertiary/aromatic N) is 1. The van der Waals surface area contributed by atoms with Gasteiger partial charge in [-0.1, -0.05) is 33.6 Å². The molecule has 7 heteroatoms. The number of hydrogen-bond donors (Lipinski definition) is 1. The number of anilines is 2. The molecule has 0 aromatic heterocycles. The molecule has 29 heavy (non-hydrogen) atoms. The van der Waals surface area contributed by atoms with Crippen molar-refractivity contribution in [3.05, 3.63) is 57.6 Å². The van der Waals surface area contributed by atoms with E-state index in [4.69, 9.17) is 4.74 Å². The molecule has 1 N–H and O–H groups in total. The molecule has 0 aliphatic carbocycles. The van der Waals surface area contributed by atoms with E-state index in [0.717, 1.165) is 26.9 Å². The average Bonchev–Trinajstić information content (AvgIpc) is 3.05. The minimum Gasteiger partial charge on any atom is -0.455 e. The first-order chi connectivity index (χ1) is 13.7. The number of amides is 2. The van der Waals surface area contributed by atoms with Crippen LogP contribution in [-0.4, -0.2) is 30.9 Å². The van der Waals surface area contributed by atoms with E-state index in [1.54, 1.807) is 4.90 Å². The van der Waals surface area contributed by atoms with Gasteiger partial charge in [0.05, 0.1) is 5.92 Å². The molecule has 2 aromatic rings. The first kappa shape index (κ1) is 21.0. The Morgan fingerprint density at radius 2 is 1.76 bits per heavy atom. The molecule has 0 bridgehead atoms. The molecule has 3 rings (SSSR count). The molecule has 1 atom stereocenters. The second-order valence-electron chi connectivity index (χ2n) is 7.31. The summed E-state index contributed by atoms with van der Waals surface area (Å²) in [5.41, 5.74) is 4.38. The molecular weight excluding hydrogens is 436 g/mol. The molecule has 0 radical (unpaired) electrons. The van der Waals surface area contributed by atoms with Crippen LogP contribution in [0.2, 0.25) is 0 Å². The number of hydrogen-bond acceptors (Lipinski definition) is 4. The number of aryl methyl sites for hydroxylation is 3. The van der Waals surface area contributed by atoms with Crippen LogP contribution in [0.15, 0.2) is 40.9 Å². The quantitative estimate of drug-likeness (QED) is 0.689. The number of ether oxygens (including phenoxy) is 1. The molecule has 1 aliphatic rings. The normalized spacial score (nSPS) is 16.1. The third-order valence-corrected chi connectivity index (χ3v) is 5.37. The summed E-state index contributed by atoms with van der Waals surface area (Å²) in [6.07, 6.45) is 0.0826. The lowest BCUT2D eigenvalue weighted by Gasteiger charge is -2.17. The first-order valence-electron chi connectivity index (χ1n) is 9.35. The molecule has 152 valence electrons. The standard InChI is InChI=1S/C22H23BrN2O4/c1-13-4-6-18(7-5-13)25-11-16(10-20(25)27)22(28)29-12-19(26)24-21-14(2)8-17(23)9-15(21)3/h4-9,16H,10-12H2,1-3H3,(H,24,26). The maximum atomic E-state index is 12.4. The van der Waals surface area contributed by atoms with E-state index in [1.165, 1.54) is 0 Å². The molecular formula is C22H23BrN2O4. The lowest BCUT2D eigenvalue weighted by molar-refractivity contribution is -0.151. The Balaban J connectivity index is 1.55. The predicted octanol–water partition coefficient (Wildman–Crippen LogP) is 3.91. The van der Waals surface area contributed by atoms with Crippen LogP contribution < -0.4 is 10.2 Å². The van der Waals surface area contributed by atoms with Crippen LogP contribution in [0.5, 0.6) is 0 Å². The highest BCUT2D eigenvalue weighted by Gasteiger charge is 2.36. The Morgan fingerprint density at radius 3 is 2.38 bits per heavy atom. The Labute approximate surface area is 178 Å². The molecule has 6 nitrogen and oxygen atoms in total. The number of nitrogens with one attached hydrogen (secondary N) is 1. The monoisotopic (exact) mass is 458 g/mol. The van der Waals surface area contributed by atoms with Crippen molar-refractivity contribution in [3.63, 3.8) is 0 Å². The van der Waals surface area contributed by atoms with Crippen molar-refractivity contribution in [3.8, 4) is 0 Å². The lowest BCUT2D eigenvalue weighted by atomic mass is 10.1. The number of halogens is 1. The van der Waals surface area contributed by atoms with E-state index < -0.39 is 17.8 Å². The van der Waals surface area contributed by atoms with Gasteiger partial charge in [0.1, 0.15) is 0 Å². The van der Waals surface area contributed by atoms with Crippen LogP contribution in [0, 0.1) is 26.7 Å². The van der Waals surface area contributed by atoms with Gasteiger partial charge in [-0.15, -0.1) is 0 Å². The maximum absolute atomic E-state index is 12.4. The largest absolute Gasteiger partial charge is 0.455 e. The van der Waals surface area contributed by atoms with Crippen molar-refractivity contribution in [1.29, 1.82) is 0 Å². The van der Waals surface area contributed by atoms with E-state index in [-0.39, 0.29) is 25.5 Å². The van der Waals surface area contributed by atoms with Crippen LogP contribution >= 0.6 is 15.9 Å². The third-order valence-electron chi connectivity index (χ3n) is 4.91. The Bertz CT molecular complexity index is 933. The molecule has 1 fully saturated rings. The number of carbonyl (C=O) groups is 3. The van der Waals surface area contributed by atoms with Crippen LogP contribution in [0.4, 0.5) is 11.4 Å². The molecule has 0 spiro atoms. The molecule has 1 aliphatic heterocycles. The average molecular weight is 459 g/mol. The van der Waals surface area contributed by atoms with Gasteiger partial charge in [-0.2, -0.15) is 0 Å². The van der Waals surface area contributed by atoms with E-state index in [0.29, 0.717) is 5.69 Å². The number of benzene rings is 2. The summed E-state index contributed by atoms with van der Waals surface area (Å²) < 4.78 is 6.11. The highest BCUT2D eigenvalue weighted by Crippen LogP contribution is 2.27. The molecule has 1 saturated heterocycles. The zero-order valence-electron chi connectivity index (χ0n) is 16.6. The van der Waals surface area contributed by atoms with Crippen molar-refractivity contribution in [2.24, 2.45) is 5.92 Å². The fraction of sp³-hybridized carbons (Fsp3) is 0.318. The summed E-state index contributed by atoms with van der Waals surface area (Å²) in [6, 6.07) is 11.4. The highest BCUT2D eigenvalue weighted by atomic mass is 79.9. The SMILES string of the molecule is Cc1ccc(N2CC(C(=O)OCC(=O)Nc3c(C)cc(Br)cc3C)CC2=O)cc1. The molecule has 1 unspecified atom stereocenters. The van der Waals surface area contributed by atoms with Crippen molar-refractivity contribution in [2.75, 3.05) is 23.4 Å². The fourth-order valence-corrected chi connectivity index (χ4v) is 4.06. The molecule has 2 amide bonds. The number of esters is 1. The van der Waals surface area contributed by atoms with Gasteiger partial charge in [0, 0.05) is 28.8 Å². The summed E-state index contributed by atoms with van der Waals surface area (Å²) >= 11 is 3.42. The second-order valence-corrected chi connectivity index (χ2v) is 8.23. The van der Waals surface area contributed by atoms with Gasteiger partial charge in [0.15, 0.2) is 6.61 Å². The summed E-state index contributed by atoms with van der Waals surface area (Å²) in [5, 5.41) is 2.79. The van der Waals surface area contributed by atoms with Crippen LogP contribution in [0.25, 0.3) is 0 Å². The number of carbonyl (C=O) groups excluding carboxylic acids is 3. The van der Waals surface area contributed by atoms with E-state index in [2.05, 4.69) is 21.2 Å². The first-order valence-corrected chi connectivity index (χ1v) is 10.1. The van der Waals surface area contributed by atoms with Gasteiger partial charge in [0.2, 0.25) is 5.91 Å². The lowest BCUT2D eigenvalue weighted by Crippen LogP contribution is -2.28. The minimum absolute atomic E-state index is 0.0826. The van der Waals surface area contributed by atoms with Crippen molar-refractivity contribution >= 4 is 45.1 Å². The van der Waals surface area contributed by atoms with E-state index in [1.807, 2.05) is 57.2 Å². The Kier molecular flexibility index (Phi) is 6.37. The van der Waals surface area contributed by atoms with Crippen LogP contribution in [0.3, 0.4) is 0 Å². The summed E-state index contributed by atoms with van der Waals surface area (Å²) in [6.45, 7) is 5.63. The topological polar surface area (TPSA) is 75.7 Å². The van der Waals surface area contributed by atoms with Crippen LogP contribution in [0.1, 0.15) is 23.1 Å². The van der Waals surface area contributed by atoms with E-state index in [9.17, 15) is 14.4 Å². The van der Waals surface area contributed by atoms with Gasteiger partial charge < -0.3 is 15.0 Å². The van der Waals surface area contributed by atoms with Gasteiger partial charge in [-0.25, -0.2) is 0 Å². The third kappa shape index (κ3) is 5.03. The minimum atomic E-state index is -0.576. The molecule has 0 saturated carbocycles. The predicted molar refractivity (Wildman–Crippen MR) is 115 cm³/mol. The van der Waals surface area contributed by atoms with Gasteiger partial charge in [-0.3, -0.25) is 14.4 Å². The highest BCUT2D eigenvalue weighted by molar-refractivity contribution is 9.10. The smallest absolute Gasteiger partial charge is 0.311 e. The summed E-state index contributed by atoms with van der Waals surface area (Å²) in [5.74, 6) is -1.65. The summed E-state index contributed by atoms with van der Waals surface area (Å²) in [4.78, 5) is 38.5. The Hall–Kier alpha value is -2.67. The van der Waals surface area contributed by atoms with Gasteiger partial charge in [0.25, 0.3) is 5.91 Å². The Morgan fingerprint density at radius 1 is 1.14 bits per heavy atom. The number of rotatable bonds is 5.